The molecule has 1 aromatic carbocycles. The minimum Gasteiger partial charge on any atom is -0.336 e. The van der Waals surface area contributed by atoms with Crippen LogP contribution in [0, 0.1) is 12.8 Å². The number of fused-ring (bicyclic) bond motifs is 1. The number of nitrogens with zero attached hydrogens (tertiary/aromatic N) is 4. The molecule has 0 atom stereocenters. The minimum atomic E-state index is -0.127. The van der Waals surface area contributed by atoms with Gasteiger partial charge < -0.3 is 11.2 Å². The maximum Gasteiger partial charge on any atom is 0.236 e. The van der Waals surface area contributed by atoms with Crippen molar-refractivity contribution in [2.45, 2.75) is 57.0 Å². The summed E-state index contributed by atoms with van der Waals surface area (Å²) in [5, 5.41) is 12.4. The molecule has 0 unspecified atom stereocenters. The van der Waals surface area contributed by atoms with E-state index in [9.17, 15) is 4.79 Å². The third kappa shape index (κ3) is 5.08. The van der Waals surface area contributed by atoms with Gasteiger partial charge in [0.1, 0.15) is 0 Å². The van der Waals surface area contributed by atoms with Gasteiger partial charge >= 0.3 is 0 Å². The number of aromatic nitrogens is 4. The van der Waals surface area contributed by atoms with Gasteiger partial charge in [-0.25, -0.2) is 9.66 Å². The number of hydrogen-bond donors (Lipinski definition) is 2. The maximum absolute atomic E-state index is 12.3. The van der Waals surface area contributed by atoms with E-state index in [0.717, 1.165) is 34.8 Å². The van der Waals surface area contributed by atoms with Crippen molar-refractivity contribution >= 4 is 44.4 Å². The molecule has 0 saturated heterocycles. The first-order chi connectivity index (χ1) is 14.1. The van der Waals surface area contributed by atoms with Crippen LogP contribution in [-0.4, -0.2) is 31.5 Å². The molecule has 0 spiro atoms. The second-order valence-corrected chi connectivity index (χ2v) is 9.61. The number of nitrogen functional groups attached to an aromatic ring is 1. The first kappa shape index (κ1) is 20.2. The van der Waals surface area contributed by atoms with Gasteiger partial charge in [0.15, 0.2) is 11.0 Å². The lowest BCUT2D eigenvalue weighted by atomic mass is 9.86. The van der Waals surface area contributed by atoms with Crippen molar-refractivity contribution in [3.63, 3.8) is 0 Å². The largest absolute Gasteiger partial charge is 0.336 e. The number of nitrogens with one attached hydrogen (secondary N) is 1. The van der Waals surface area contributed by atoms with Gasteiger partial charge in [-0.15, -0.1) is 10.2 Å². The number of benzene rings is 1. The highest BCUT2D eigenvalue weighted by Crippen LogP contribution is 2.28. The van der Waals surface area contributed by atoms with Gasteiger partial charge in [-0.05, 0) is 37.0 Å². The summed E-state index contributed by atoms with van der Waals surface area (Å²) in [6.45, 7) is 2.04. The van der Waals surface area contributed by atoms with E-state index in [-0.39, 0.29) is 11.7 Å². The Balaban J connectivity index is 1.29. The molecule has 1 aliphatic rings. The van der Waals surface area contributed by atoms with Crippen LogP contribution in [0.4, 0.5) is 5.13 Å². The Hall–Kier alpha value is -2.13. The molecule has 7 nitrogen and oxygen atoms in total. The number of rotatable bonds is 7. The molecule has 4 rings (SSSR count). The highest BCUT2D eigenvalue weighted by atomic mass is 32.2. The van der Waals surface area contributed by atoms with E-state index in [4.69, 9.17) is 5.84 Å². The van der Waals surface area contributed by atoms with Gasteiger partial charge in [-0.3, -0.25) is 4.79 Å². The number of nitrogens with two attached hydrogens (primary N) is 1. The van der Waals surface area contributed by atoms with Crippen LogP contribution in [0.1, 0.15) is 49.9 Å². The number of hydrogen-bond acceptors (Lipinski definition) is 7. The summed E-state index contributed by atoms with van der Waals surface area (Å²) in [7, 11) is 0. The number of carbonyl (C=O) groups excluding carboxylic acids is 1. The van der Waals surface area contributed by atoms with Gasteiger partial charge in [0, 0.05) is 6.42 Å². The lowest BCUT2D eigenvalue weighted by Gasteiger charge is -2.20. The van der Waals surface area contributed by atoms with Crippen molar-refractivity contribution in [1.82, 2.24) is 19.9 Å². The molecule has 29 heavy (non-hydrogen) atoms. The molecule has 1 saturated carbocycles. The lowest BCUT2D eigenvalue weighted by Crippen LogP contribution is -2.18. The quantitative estimate of drug-likeness (QED) is 0.431. The third-order valence-electron chi connectivity index (χ3n) is 5.36. The van der Waals surface area contributed by atoms with Crippen LogP contribution in [-0.2, 0) is 11.2 Å². The summed E-state index contributed by atoms with van der Waals surface area (Å²) in [6, 6.07) is 6.06. The fraction of sp³-hybridized carbons (Fsp3) is 0.500. The van der Waals surface area contributed by atoms with Crippen LogP contribution >= 0.6 is 23.1 Å². The van der Waals surface area contributed by atoms with E-state index in [1.165, 1.54) is 65.4 Å². The summed E-state index contributed by atoms with van der Waals surface area (Å²) in [5.74, 6) is 7.81. The highest BCUT2D eigenvalue weighted by Gasteiger charge is 2.17. The van der Waals surface area contributed by atoms with Gasteiger partial charge in [-0.1, -0.05) is 61.3 Å². The van der Waals surface area contributed by atoms with Gasteiger partial charge in [-0.2, -0.15) is 0 Å². The van der Waals surface area contributed by atoms with Crippen LogP contribution in [0.3, 0.4) is 0 Å². The average molecular weight is 431 g/mol. The Morgan fingerprint density at radius 1 is 1.31 bits per heavy atom. The molecule has 3 N–H and O–H groups in total. The van der Waals surface area contributed by atoms with Crippen molar-refractivity contribution in [3.8, 4) is 0 Å². The molecule has 9 heteroatoms. The third-order valence-corrected chi connectivity index (χ3v) is 7.24. The average Bonchev–Trinajstić information content (AvgIpc) is 3.27. The second-order valence-electron chi connectivity index (χ2n) is 7.64. The smallest absolute Gasteiger partial charge is 0.236 e. The number of anilines is 1. The van der Waals surface area contributed by atoms with Crippen molar-refractivity contribution in [2.24, 2.45) is 5.92 Å². The van der Waals surface area contributed by atoms with Gasteiger partial charge in [0.25, 0.3) is 0 Å². The topological polar surface area (TPSA) is 98.7 Å². The number of thiazole rings is 1. The normalized spacial score (nSPS) is 15.1. The summed E-state index contributed by atoms with van der Waals surface area (Å²) >= 11 is 2.77. The molecule has 0 aliphatic heterocycles. The monoisotopic (exact) mass is 430 g/mol. The second kappa shape index (κ2) is 9.13. The van der Waals surface area contributed by atoms with Crippen LogP contribution in [0.15, 0.2) is 23.4 Å². The predicted molar refractivity (Wildman–Crippen MR) is 119 cm³/mol. The van der Waals surface area contributed by atoms with E-state index in [1.807, 2.05) is 19.1 Å². The molecule has 2 aromatic heterocycles. The van der Waals surface area contributed by atoms with E-state index in [1.54, 1.807) is 0 Å². The zero-order valence-electron chi connectivity index (χ0n) is 16.6. The fourth-order valence-corrected chi connectivity index (χ4v) is 5.41. The maximum atomic E-state index is 12.3. The minimum absolute atomic E-state index is 0.127. The molecule has 1 aliphatic carbocycles. The first-order valence-electron chi connectivity index (χ1n) is 10.1. The summed E-state index contributed by atoms with van der Waals surface area (Å²) in [5.41, 5.74) is 2.07. The number of carbonyl (C=O) groups is 1. The number of aryl methyl sites for hydroxylation is 2. The van der Waals surface area contributed by atoms with Crippen molar-refractivity contribution in [1.29, 1.82) is 0 Å². The highest BCUT2D eigenvalue weighted by molar-refractivity contribution is 7.99. The van der Waals surface area contributed by atoms with E-state index in [2.05, 4.69) is 26.6 Å². The number of amides is 1. The molecule has 2 heterocycles. The van der Waals surface area contributed by atoms with Crippen LogP contribution in [0.5, 0.6) is 0 Å². The Morgan fingerprint density at radius 2 is 2.14 bits per heavy atom. The van der Waals surface area contributed by atoms with E-state index < -0.39 is 0 Å². The predicted octanol–water partition coefficient (Wildman–Crippen LogP) is 4.15. The Morgan fingerprint density at radius 3 is 2.97 bits per heavy atom. The summed E-state index contributed by atoms with van der Waals surface area (Å²) in [6.07, 6.45) is 8.61. The van der Waals surface area contributed by atoms with Crippen molar-refractivity contribution in [3.05, 3.63) is 29.6 Å². The Labute approximate surface area is 178 Å². The molecule has 3 aromatic rings. The molecule has 0 bridgehead atoms. The number of thioether (sulfide) groups is 1. The van der Waals surface area contributed by atoms with E-state index in [0.29, 0.717) is 10.3 Å². The Kier molecular flexibility index (Phi) is 6.34. The van der Waals surface area contributed by atoms with Crippen LogP contribution < -0.4 is 11.2 Å². The molecule has 154 valence electrons. The Bertz CT molecular complexity index is 992. The molecular formula is C20H26N6OS2. The zero-order valence-corrected chi connectivity index (χ0v) is 18.2. The van der Waals surface area contributed by atoms with E-state index >= 15 is 0 Å². The lowest BCUT2D eigenvalue weighted by molar-refractivity contribution is -0.113. The molecule has 1 amide bonds. The van der Waals surface area contributed by atoms with Crippen LogP contribution in [0.2, 0.25) is 0 Å². The standard InChI is InChI=1S/C20H26N6OS2/c1-13-7-9-15-16(11-13)29-19(22-15)23-18(27)12-28-20-25-24-17(26(20)21)10-8-14-5-3-2-4-6-14/h7,9,11,14H,2-6,8,10,12,21H2,1H3,(H,22,23,27). The van der Waals surface area contributed by atoms with Crippen LogP contribution in [0.25, 0.3) is 10.2 Å². The van der Waals surface area contributed by atoms with Crippen molar-refractivity contribution < 1.29 is 4.79 Å². The summed E-state index contributed by atoms with van der Waals surface area (Å²) < 4.78 is 2.60. The molecular weight excluding hydrogens is 404 g/mol. The van der Waals surface area contributed by atoms with Gasteiger partial charge in [0.2, 0.25) is 11.1 Å². The SMILES string of the molecule is Cc1ccc2nc(NC(=O)CSc3nnc(CCC4CCCCC4)n3N)sc2c1. The first-order valence-corrected chi connectivity index (χ1v) is 11.9. The molecule has 1 fully saturated rings. The van der Waals surface area contributed by atoms with Gasteiger partial charge in [0.05, 0.1) is 16.0 Å². The zero-order chi connectivity index (χ0) is 20.2. The fourth-order valence-electron chi connectivity index (χ4n) is 3.76. The van der Waals surface area contributed by atoms with Crippen molar-refractivity contribution in [2.75, 3.05) is 16.9 Å². The summed E-state index contributed by atoms with van der Waals surface area (Å²) in [4.78, 5) is 16.8. The molecule has 0 radical (unpaired) electrons.